The number of nitrogens with zero attached hydrogens (tertiary/aromatic N) is 2. The Kier molecular flexibility index (Phi) is 3.64. The molecule has 4 nitrogen and oxygen atoms in total. The van der Waals surface area contributed by atoms with Gasteiger partial charge in [0.15, 0.2) is 5.82 Å². The maximum absolute atomic E-state index is 6.05. The normalized spacial score (nSPS) is 12.4. The van der Waals surface area contributed by atoms with Crippen LogP contribution in [0, 0.1) is 0 Å². The second kappa shape index (κ2) is 5.19. The molecule has 0 radical (unpaired) electrons. The molecule has 2 rings (SSSR count). The molecule has 1 atom stereocenters. The Morgan fingerprint density at radius 3 is 2.88 bits per heavy atom. The summed E-state index contributed by atoms with van der Waals surface area (Å²) in [6, 6.07) is 7.48. The molecule has 0 aliphatic heterocycles. The number of ether oxygens (including phenoxy) is 1. The predicted molar refractivity (Wildman–Crippen MR) is 65.2 cm³/mol. The molecule has 0 saturated heterocycles. The molecular weight excluding hydrogens is 240 g/mol. The molecule has 0 N–H and O–H groups in total. The zero-order valence-corrected chi connectivity index (χ0v) is 10.4. The van der Waals surface area contributed by atoms with Crippen LogP contribution in [0.1, 0.15) is 24.5 Å². The predicted octanol–water partition coefficient (Wildman–Crippen LogP) is 3.44. The van der Waals surface area contributed by atoms with Gasteiger partial charge < -0.3 is 9.26 Å². The number of para-hydroxylation sites is 1. The second-order valence-electron chi connectivity index (χ2n) is 3.53. The number of hydrogen-bond donors (Lipinski definition) is 0. The number of alkyl halides is 1. The molecule has 0 saturated carbocycles. The Hall–Kier alpha value is -1.55. The summed E-state index contributed by atoms with van der Waals surface area (Å²) in [5.41, 5.74) is 0.772. The molecule has 0 fully saturated rings. The zero-order valence-electron chi connectivity index (χ0n) is 9.68. The molecule has 1 aromatic heterocycles. The summed E-state index contributed by atoms with van der Waals surface area (Å²) in [7, 11) is 1.60. The van der Waals surface area contributed by atoms with Crippen molar-refractivity contribution < 1.29 is 9.26 Å². The first-order valence-corrected chi connectivity index (χ1v) is 5.81. The average Bonchev–Trinajstić information content (AvgIpc) is 2.87. The molecule has 5 heteroatoms. The molecule has 17 heavy (non-hydrogen) atoms. The van der Waals surface area contributed by atoms with Crippen LogP contribution >= 0.6 is 11.6 Å². The molecule has 0 amide bonds. The Morgan fingerprint density at radius 2 is 2.18 bits per heavy atom. The lowest BCUT2D eigenvalue weighted by molar-refractivity contribution is 0.402. The number of methoxy groups -OCH3 is 1. The van der Waals surface area contributed by atoms with Crippen molar-refractivity contribution in [2.75, 3.05) is 7.11 Å². The Morgan fingerprint density at radius 1 is 1.41 bits per heavy atom. The van der Waals surface area contributed by atoms with Gasteiger partial charge in [0.2, 0.25) is 0 Å². The molecule has 1 heterocycles. The lowest BCUT2D eigenvalue weighted by atomic mass is 10.2. The minimum atomic E-state index is -0.220. The van der Waals surface area contributed by atoms with E-state index in [2.05, 4.69) is 10.1 Å². The number of halogens is 1. The monoisotopic (exact) mass is 252 g/mol. The summed E-state index contributed by atoms with van der Waals surface area (Å²) in [5, 5.41) is 3.64. The van der Waals surface area contributed by atoms with Crippen molar-refractivity contribution in [2.24, 2.45) is 0 Å². The zero-order chi connectivity index (χ0) is 12.3. The maximum atomic E-state index is 6.05. The van der Waals surface area contributed by atoms with Gasteiger partial charge in [0.1, 0.15) is 5.75 Å². The summed E-state index contributed by atoms with van der Waals surface area (Å²) in [5.74, 6) is 1.64. The molecule has 90 valence electrons. The first kappa shape index (κ1) is 11.9. The third-order valence-corrected chi connectivity index (χ3v) is 2.92. The molecule has 0 spiro atoms. The first-order chi connectivity index (χ1) is 8.26. The Bertz CT molecular complexity index is 499. The van der Waals surface area contributed by atoms with Gasteiger partial charge in [0.25, 0.3) is 5.89 Å². The SMILES string of the molecule is CCC(Cl)c1noc(-c2ccccc2OC)n1. The van der Waals surface area contributed by atoms with Gasteiger partial charge in [-0.05, 0) is 18.6 Å². The standard InChI is InChI=1S/C12H13ClN2O2/c1-3-9(13)11-14-12(17-15-11)8-6-4-5-7-10(8)16-2/h4-7,9H,3H2,1-2H3. The highest BCUT2D eigenvalue weighted by Gasteiger charge is 2.17. The fourth-order valence-corrected chi connectivity index (χ4v) is 1.56. The summed E-state index contributed by atoms with van der Waals surface area (Å²) in [6.45, 7) is 1.97. The van der Waals surface area contributed by atoms with Gasteiger partial charge in [0.05, 0.1) is 18.1 Å². The molecular formula is C12H13ClN2O2. The number of hydrogen-bond acceptors (Lipinski definition) is 4. The van der Waals surface area contributed by atoms with Crippen LogP contribution in [-0.2, 0) is 0 Å². The molecule has 2 aromatic rings. The van der Waals surface area contributed by atoms with Crippen LogP contribution in [0.3, 0.4) is 0 Å². The van der Waals surface area contributed by atoms with E-state index in [0.29, 0.717) is 17.5 Å². The van der Waals surface area contributed by atoms with Crippen LogP contribution in [0.4, 0.5) is 0 Å². The summed E-state index contributed by atoms with van der Waals surface area (Å²) in [6.07, 6.45) is 0.756. The lowest BCUT2D eigenvalue weighted by Crippen LogP contribution is -1.91. The van der Waals surface area contributed by atoms with Crippen molar-refractivity contribution in [3.63, 3.8) is 0 Å². The van der Waals surface area contributed by atoms with Crippen molar-refractivity contribution in [1.82, 2.24) is 10.1 Å². The molecule has 0 aliphatic rings. The maximum Gasteiger partial charge on any atom is 0.261 e. The molecule has 0 bridgehead atoms. The van der Waals surface area contributed by atoms with Crippen molar-refractivity contribution in [3.8, 4) is 17.2 Å². The van der Waals surface area contributed by atoms with E-state index in [1.54, 1.807) is 7.11 Å². The largest absolute Gasteiger partial charge is 0.496 e. The van der Waals surface area contributed by atoms with E-state index in [1.807, 2.05) is 31.2 Å². The van der Waals surface area contributed by atoms with Gasteiger partial charge in [-0.15, -0.1) is 11.6 Å². The Labute approximate surface area is 105 Å². The number of rotatable bonds is 4. The summed E-state index contributed by atoms with van der Waals surface area (Å²) in [4.78, 5) is 4.27. The molecule has 1 aromatic carbocycles. The van der Waals surface area contributed by atoms with E-state index in [1.165, 1.54) is 0 Å². The first-order valence-electron chi connectivity index (χ1n) is 5.37. The van der Waals surface area contributed by atoms with Crippen LogP contribution in [0.25, 0.3) is 11.5 Å². The summed E-state index contributed by atoms with van der Waals surface area (Å²) < 4.78 is 10.4. The van der Waals surface area contributed by atoms with Crippen LogP contribution < -0.4 is 4.74 Å². The smallest absolute Gasteiger partial charge is 0.261 e. The van der Waals surface area contributed by atoms with Crippen LogP contribution in [0.2, 0.25) is 0 Å². The van der Waals surface area contributed by atoms with Crippen molar-refractivity contribution >= 4 is 11.6 Å². The summed E-state index contributed by atoms with van der Waals surface area (Å²) >= 11 is 6.05. The molecule has 0 aliphatic carbocycles. The van der Waals surface area contributed by atoms with Crippen molar-refractivity contribution in [3.05, 3.63) is 30.1 Å². The van der Waals surface area contributed by atoms with Gasteiger partial charge in [0, 0.05) is 0 Å². The van der Waals surface area contributed by atoms with E-state index < -0.39 is 0 Å². The van der Waals surface area contributed by atoms with Crippen LogP contribution in [0.15, 0.2) is 28.8 Å². The van der Waals surface area contributed by atoms with Gasteiger partial charge in [-0.3, -0.25) is 0 Å². The fraction of sp³-hybridized carbons (Fsp3) is 0.333. The van der Waals surface area contributed by atoms with E-state index in [-0.39, 0.29) is 5.38 Å². The highest BCUT2D eigenvalue weighted by molar-refractivity contribution is 6.20. The number of aromatic nitrogens is 2. The fourth-order valence-electron chi connectivity index (χ4n) is 1.48. The van der Waals surface area contributed by atoms with Crippen molar-refractivity contribution in [2.45, 2.75) is 18.7 Å². The van der Waals surface area contributed by atoms with Gasteiger partial charge >= 0.3 is 0 Å². The highest BCUT2D eigenvalue weighted by Crippen LogP contribution is 2.30. The van der Waals surface area contributed by atoms with Crippen molar-refractivity contribution in [1.29, 1.82) is 0 Å². The average molecular weight is 253 g/mol. The topological polar surface area (TPSA) is 48.2 Å². The Balaban J connectivity index is 2.37. The second-order valence-corrected chi connectivity index (χ2v) is 4.06. The van der Waals surface area contributed by atoms with E-state index in [9.17, 15) is 0 Å². The van der Waals surface area contributed by atoms with E-state index in [0.717, 1.165) is 12.0 Å². The highest BCUT2D eigenvalue weighted by atomic mass is 35.5. The molecule has 1 unspecified atom stereocenters. The van der Waals surface area contributed by atoms with Gasteiger partial charge in [-0.1, -0.05) is 24.2 Å². The quantitative estimate of drug-likeness (QED) is 0.782. The van der Waals surface area contributed by atoms with E-state index in [4.69, 9.17) is 20.9 Å². The van der Waals surface area contributed by atoms with Crippen LogP contribution in [0.5, 0.6) is 5.75 Å². The van der Waals surface area contributed by atoms with Crippen LogP contribution in [-0.4, -0.2) is 17.3 Å². The lowest BCUT2D eigenvalue weighted by Gasteiger charge is -2.03. The minimum Gasteiger partial charge on any atom is -0.496 e. The van der Waals surface area contributed by atoms with Gasteiger partial charge in [-0.2, -0.15) is 4.98 Å². The number of benzene rings is 1. The third-order valence-electron chi connectivity index (χ3n) is 2.42. The van der Waals surface area contributed by atoms with E-state index >= 15 is 0 Å². The third kappa shape index (κ3) is 2.42. The minimum absolute atomic E-state index is 0.220. The van der Waals surface area contributed by atoms with Gasteiger partial charge in [-0.25, -0.2) is 0 Å².